The third-order valence-corrected chi connectivity index (χ3v) is 5.08. The summed E-state index contributed by atoms with van der Waals surface area (Å²) < 4.78 is 14.7. The lowest BCUT2D eigenvalue weighted by atomic mass is 10.1. The van der Waals surface area contributed by atoms with Crippen molar-refractivity contribution in [3.8, 4) is 0 Å². The Morgan fingerprint density at radius 2 is 1.36 bits per heavy atom. The summed E-state index contributed by atoms with van der Waals surface area (Å²) in [4.78, 5) is 28.4. The molecule has 4 nitrogen and oxygen atoms in total. The molecule has 0 atom stereocenters. The van der Waals surface area contributed by atoms with E-state index in [1.54, 1.807) is 28.9 Å². The maximum Gasteiger partial charge on any atom is 0.254 e. The quantitative estimate of drug-likeness (QED) is 0.657. The molecule has 0 saturated carbocycles. The number of amides is 2. The second-order valence-corrected chi connectivity index (χ2v) is 7.30. The van der Waals surface area contributed by atoms with E-state index in [4.69, 9.17) is 0 Å². The molecule has 25 heavy (non-hydrogen) atoms. The normalized spacial score (nSPS) is 14.5. The molecule has 0 aromatic heterocycles. The Morgan fingerprint density at radius 1 is 0.880 bits per heavy atom. The van der Waals surface area contributed by atoms with Crippen molar-refractivity contribution in [2.45, 2.75) is 6.92 Å². The fraction of sp³-hybridized carbons (Fsp3) is 0.263. The summed E-state index contributed by atoms with van der Waals surface area (Å²) in [6, 6.07) is 12.0. The zero-order valence-corrected chi connectivity index (χ0v) is 16.0. The highest BCUT2D eigenvalue weighted by Gasteiger charge is 2.25. The first-order valence-corrected chi connectivity index (χ1v) is 9.14. The van der Waals surface area contributed by atoms with E-state index in [1.165, 1.54) is 6.07 Å². The zero-order valence-electron chi connectivity index (χ0n) is 13.8. The van der Waals surface area contributed by atoms with E-state index in [2.05, 4.69) is 22.6 Å². The summed E-state index contributed by atoms with van der Waals surface area (Å²) >= 11 is 2.20. The number of carbonyl (C=O) groups is 2. The molecule has 0 bridgehead atoms. The van der Waals surface area contributed by atoms with Crippen molar-refractivity contribution >= 4 is 34.4 Å². The maximum atomic E-state index is 13.7. The monoisotopic (exact) mass is 452 g/mol. The van der Waals surface area contributed by atoms with Crippen molar-refractivity contribution in [1.29, 1.82) is 0 Å². The minimum absolute atomic E-state index is 0.0233. The lowest BCUT2D eigenvalue weighted by Crippen LogP contribution is -2.50. The summed E-state index contributed by atoms with van der Waals surface area (Å²) in [5, 5.41) is 0. The first-order chi connectivity index (χ1) is 12.0. The van der Waals surface area contributed by atoms with Crippen molar-refractivity contribution in [2.75, 3.05) is 26.2 Å². The largest absolute Gasteiger partial charge is 0.335 e. The molecule has 3 rings (SSSR count). The molecule has 2 aromatic carbocycles. The molecule has 0 radical (unpaired) electrons. The average Bonchev–Trinajstić information content (AvgIpc) is 2.63. The van der Waals surface area contributed by atoms with Crippen molar-refractivity contribution in [2.24, 2.45) is 0 Å². The van der Waals surface area contributed by atoms with Gasteiger partial charge in [0.1, 0.15) is 5.82 Å². The van der Waals surface area contributed by atoms with Gasteiger partial charge in [-0.1, -0.05) is 6.07 Å². The van der Waals surface area contributed by atoms with E-state index < -0.39 is 0 Å². The number of benzene rings is 2. The van der Waals surface area contributed by atoms with Crippen LogP contribution in [0.1, 0.15) is 26.3 Å². The Hall–Kier alpha value is -1.96. The van der Waals surface area contributed by atoms with Crippen LogP contribution in [0, 0.1) is 16.3 Å². The predicted octanol–water partition coefficient (Wildman–Crippen LogP) is 3.34. The minimum atomic E-state index is -0.377. The summed E-state index contributed by atoms with van der Waals surface area (Å²) in [6.45, 7) is 3.52. The Kier molecular flexibility index (Phi) is 5.36. The highest BCUT2D eigenvalue weighted by Crippen LogP contribution is 2.15. The van der Waals surface area contributed by atoms with Gasteiger partial charge in [0, 0.05) is 40.9 Å². The van der Waals surface area contributed by atoms with Gasteiger partial charge in [0.25, 0.3) is 11.8 Å². The molecular formula is C19H18FIN2O2. The standard InChI is InChI=1S/C19H18FIN2O2/c1-13-2-3-15(12-17(13)20)19(25)23-10-8-22(9-11-23)18(24)14-4-6-16(21)7-5-14/h2-7,12H,8-11H2,1H3. The third kappa shape index (κ3) is 4.00. The van der Waals surface area contributed by atoms with Gasteiger partial charge in [-0.3, -0.25) is 9.59 Å². The van der Waals surface area contributed by atoms with Crippen LogP contribution in [0.15, 0.2) is 42.5 Å². The third-order valence-electron chi connectivity index (χ3n) is 4.36. The molecule has 1 heterocycles. The molecular weight excluding hydrogens is 434 g/mol. The molecule has 0 unspecified atom stereocenters. The second-order valence-electron chi connectivity index (χ2n) is 6.06. The smallest absolute Gasteiger partial charge is 0.254 e. The van der Waals surface area contributed by atoms with E-state index in [0.717, 1.165) is 3.57 Å². The molecule has 0 aliphatic carbocycles. The van der Waals surface area contributed by atoms with Crippen molar-refractivity contribution in [3.05, 3.63) is 68.5 Å². The van der Waals surface area contributed by atoms with Crippen molar-refractivity contribution < 1.29 is 14.0 Å². The lowest BCUT2D eigenvalue weighted by Gasteiger charge is -2.35. The van der Waals surface area contributed by atoms with Gasteiger partial charge < -0.3 is 9.80 Å². The number of halogens is 2. The van der Waals surface area contributed by atoms with E-state index in [0.29, 0.717) is 42.9 Å². The molecule has 1 aliphatic rings. The van der Waals surface area contributed by atoms with E-state index >= 15 is 0 Å². The summed E-state index contributed by atoms with van der Waals surface area (Å²) in [5.41, 5.74) is 1.52. The molecule has 0 N–H and O–H groups in total. The summed E-state index contributed by atoms with van der Waals surface area (Å²) in [5.74, 6) is -0.594. The van der Waals surface area contributed by atoms with Crippen LogP contribution in [-0.2, 0) is 0 Å². The fourth-order valence-electron chi connectivity index (χ4n) is 2.80. The average molecular weight is 452 g/mol. The Labute approximate surface area is 159 Å². The van der Waals surface area contributed by atoms with Gasteiger partial charge in [-0.15, -0.1) is 0 Å². The highest BCUT2D eigenvalue weighted by atomic mass is 127. The molecule has 1 aliphatic heterocycles. The van der Waals surface area contributed by atoms with Gasteiger partial charge in [0.05, 0.1) is 0 Å². The molecule has 0 spiro atoms. The number of aryl methyl sites for hydroxylation is 1. The highest BCUT2D eigenvalue weighted by molar-refractivity contribution is 14.1. The number of carbonyl (C=O) groups excluding carboxylic acids is 2. The molecule has 2 amide bonds. The second kappa shape index (κ2) is 7.51. The van der Waals surface area contributed by atoms with Crippen molar-refractivity contribution in [1.82, 2.24) is 9.80 Å². The van der Waals surface area contributed by atoms with Crippen molar-refractivity contribution in [3.63, 3.8) is 0 Å². The molecule has 6 heteroatoms. The molecule has 2 aromatic rings. The van der Waals surface area contributed by atoms with Gasteiger partial charge in [0.2, 0.25) is 0 Å². The van der Waals surface area contributed by atoms with Gasteiger partial charge in [-0.05, 0) is 71.5 Å². The van der Waals surface area contributed by atoms with Crippen LogP contribution < -0.4 is 0 Å². The summed E-state index contributed by atoms with van der Waals surface area (Å²) in [7, 11) is 0. The van der Waals surface area contributed by atoms with Crippen LogP contribution in [0.4, 0.5) is 4.39 Å². The first-order valence-electron chi connectivity index (χ1n) is 8.06. The van der Waals surface area contributed by atoms with E-state index in [-0.39, 0.29) is 17.6 Å². The Bertz CT molecular complexity index is 800. The van der Waals surface area contributed by atoms with Crippen LogP contribution in [-0.4, -0.2) is 47.8 Å². The fourth-order valence-corrected chi connectivity index (χ4v) is 3.16. The number of rotatable bonds is 2. The van der Waals surface area contributed by atoms with Gasteiger partial charge in [-0.25, -0.2) is 4.39 Å². The molecule has 1 saturated heterocycles. The van der Waals surface area contributed by atoms with Gasteiger partial charge in [-0.2, -0.15) is 0 Å². The molecule has 130 valence electrons. The van der Waals surface area contributed by atoms with Crippen LogP contribution in [0.3, 0.4) is 0 Å². The van der Waals surface area contributed by atoms with Crippen LogP contribution in [0.5, 0.6) is 0 Å². The Morgan fingerprint density at radius 3 is 1.88 bits per heavy atom. The van der Waals surface area contributed by atoms with Gasteiger partial charge in [0.15, 0.2) is 0 Å². The number of hydrogen-bond donors (Lipinski definition) is 0. The lowest BCUT2D eigenvalue weighted by molar-refractivity contribution is 0.0535. The van der Waals surface area contributed by atoms with Gasteiger partial charge >= 0.3 is 0 Å². The van der Waals surface area contributed by atoms with Crippen LogP contribution in [0.25, 0.3) is 0 Å². The number of nitrogens with zero attached hydrogens (tertiary/aromatic N) is 2. The SMILES string of the molecule is Cc1ccc(C(=O)N2CCN(C(=O)c3ccc(I)cc3)CC2)cc1F. The van der Waals surface area contributed by atoms with E-state index in [1.807, 2.05) is 24.3 Å². The van der Waals surface area contributed by atoms with Crippen LogP contribution >= 0.6 is 22.6 Å². The predicted molar refractivity (Wildman–Crippen MR) is 102 cm³/mol. The first kappa shape index (κ1) is 17.8. The van der Waals surface area contributed by atoms with Crippen LogP contribution in [0.2, 0.25) is 0 Å². The topological polar surface area (TPSA) is 40.6 Å². The molecule has 1 fully saturated rings. The minimum Gasteiger partial charge on any atom is -0.335 e. The number of piperazine rings is 1. The van der Waals surface area contributed by atoms with E-state index in [9.17, 15) is 14.0 Å². The Balaban J connectivity index is 1.63. The number of hydrogen-bond acceptors (Lipinski definition) is 2. The zero-order chi connectivity index (χ0) is 18.0. The maximum absolute atomic E-state index is 13.7. The summed E-state index contributed by atoms with van der Waals surface area (Å²) in [6.07, 6.45) is 0.